The van der Waals surface area contributed by atoms with Gasteiger partial charge in [-0.1, -0.05) is 30.3 Å². The molecule has 0 aliphatic rings. The van der Waals surface area contributed by atoms with Crippen LogP contribution in [0.3, 0.4) is 0 Å². The van der Waals surface area contributed by atoms with Crippen LogP contribution in [0.4, 0.5) is 0 Å². The summed E-state index contributed by atoms with van der Waals surface area (Å²) in [7, 11) is 0. The monoisotopic (exact) mass is 238 g/mol. The lowest BCUT2D eigenvalue weighted by atomic mass is 10.0. The molecule has 0 bridgehead atoms. The standard InChI is InChI=1S/C13H18O4/c1-3-16-12(10-8-6-5-7-9-10)11(14)13(15)17-4-2/h5-9,11-12,14H,3-4H2,1-2H3/t11-,12+/m1/s1. The molecule has 0 heterocycles. The first-order chi connectivity index (χ1) is 8.20. The summed E-state index contributed by atoms with van der Waals surface area (Å²) in [5.74, 6) is -0.658. The highest BCUT2D eigenvalue weighted by atomic mass is 16.6. The summed E-state index contributed by atoms with van der Waals surface area (Å²) in [6, 6.07) is 9.15. The molecule has 0 spiro atoms. The highest BCUT2D eigenvalue weighted by molar-refractivity contribution is 5.75. The van der Waals surface area contributed by atoms with Crippen LogP contribution in [0.1, 0.15) is 25.5 Å². The molecule has 0 radical (unpaired) electrons. The number of carbonyl (C=O) groups excluding carboxylic acids is 1. The van der Waals surface area contributed by atoms with Crippen LogP contribution in [-0.4, -0.2) is 30.4 Å². The van der Waals surface area contributed by atoms with Crippen LogP contribution in [0.5, 0.6) is 0 Å². The Morgan fingerprint density at radius 3 is 2.41 bits per heavy atom. The van der Waals surface area contributed by atoms with Gasteiger partial charge in [0.25, 0.3) is 0 Å². The van der Waals surface area contributed by atoms with Crippen LogP contribution < -0.4 is 0 Å². The van der Waals surface area contributed by atoms with Crippen molar-refractivity contribution in [3.8, 4) is 0 Å². The first kappa shape index (κ1) is 13.7. The summed E-state index contributed by atoms with van der Waals surface area (Å²) in [6.07, 6.45) is -1.97. The van der Waals surface area contributed by atoms with Gasteiger partial charge < -0.3 is 14.6 Å². The van der Waals surface area contributed by atoms with E-state index in [2.05, 4.69) is 0 Å². The van der Waals surface area contributed by atoms with Crippen molar-refractivity contribution in [3.05, 3.63) is 35.9 Å². The molecule has 0 aliphatic heterocycles. The van der Waals surface area contributed by atoms with Gasteiger partial charge >= 0.3 is 5.97 Å². The minimum Gasteiger partial charge on any atom is -0.464 e. The molecular weight excluding hydrogens is 220 g/mol. The van der Waals surface area contributed by atoms with Gasteiger partial charge in [-0.25, -0.2) is 4.79 Å². The number of rotatable bonds is 6. The minimum atomic E-state index is -1.29. The zero-order valence-corrected chi connectivity index (χ0v) is 10.1. The zero-order valence-electron chi connectivity index (χ0n) is 10.1. The van der Waals surface area contributed by atoms with Crippen LogP contribution in [0.15, 0.2) is 30.3 Å². The second-order valence-electron chi connectivity index (χ2n) is 3.48. The van der Waals surface area contributed by atoms with E-state index in [1.165, 1.54) is 0 Å². The van der Waals surface area contributed by atoms with Crippen molar-refractivity contribution in [2.24, 2.45) is 0 Å². The van der Waals surface area contributed by atoms with Gasteiger partial charge in [0.15, 0.2) is 6.10 Å². The molecule has 4 nitrogen and oxygen atoms in total. The molecule has 4 heteroatoms. The van der Waals surface area contributed by atoms with Crippen molar-refractivity contribution < 1.29 is 19.4 Å². The van der Waals surface area contributed by atoms with Crippen molar-refractivity contribution in [2.75, 3.05) is 13.2 Å². The number of aliphatic hydroxyl groups is 1. The van der Waals surface area contributed by atoms with E-state index in [-0.39, 0.29) is 6.61 Å². The average Bonchev–Trinajstić information content (AvgIpc) is 2.36. The van der Waals surface area contributed by atoms with Crippen LogP contribution in [0.2, 0.25) is 0 Å². The maximum Gasteiger partial charge on any atom is 0.338 e. The quantitative estimate of drug-likeness (QED) is 0.766. The maximum atomic E-state index is 11.5. The topological polar surface area (TPSA) is 55.8 Å². The molecule has 1 N–H and O–H groups in total. The highest BCUT2D eigenvalue weighted by Gasteiger charge is 2.29. The summed E-state index contributed by atoms with van der Waals surface area (Å²) in [4.78, 5) is 11.5. The summed E-state index contributed by atoms with van der Waals surface area (Å²) >= 11 is 0. The van der Waals surface area contributed by atoms with Gasteiger partial charge in [-0.15, -0.1) is 0 Å². The zero-order chi connectivity index (χ0) is 12.7. The van der Waals surface area contributed by atoms with E-state index in [1.807, 2.05) is 37.3 Å². The minimum absolute atomic E-state index is 0.240. The molecule has 1 aromatic carbocycles. The summed E-state index contributed by atoms with van der Waals surface area (Å²) in [6.45, 7) is 4.16. The molecule has 0 unspecified atom stereocenters. The summed E-state index contributed by atoms with van der Waals surface area (Å²) in [5, 5.41) is 9.89. The van der Waals surface area contributed by atoms with Crippen LogP contribution in [-0.2, 0) is 14.3 Å². The third-order valence-corrected chi connectivity index (χ3v) is 2.29. The van der Waals surface area contributed by atoms with Gasteiger partial charge in [0.2, 0.25) is 0 Å². The summed E-state index contributed by atoms with van der Waals surface area (Å²) in [5.41, 5.74) is 0.759. The fourth-order valence-electron chi connectivity index (χ4n) is 1.54. The lowest BCUT2D eigenvalue weighted by Crippen LogP contribution is -2.31. The smallest absolute Gasteiger partial charge is 0.338 e. The highest BCUT2D eigenvalue weighted by Crippen LogP contribution is 2.22. The Balaban J connectivity index is 2.82. The Morgan fingerprint density at radius 1 is 1.24 bits per heavy atom. The fraction of sp³-hybridized carbons (Fsp3) is 0.462. The lowest BCUT2D eigenvalue weighted by molar-refractivity contribution is -0.162. The first-order valence-corrected chi connectivity index (χ1v) is 5.72. The van der Waals surface area contributed by atoms with Gasteiger partial charge in [-0.05, 0) is 19.4 Å². The number of hydrogen-bond acceptors (Lipinski definition) is 4. The van der Waals surface area contributed by atoms with Crippen LogP contribution in [0, 0.1) is 0 Å². The van der Waals surface area contributed by atoms with E-state index in [4.69, 9.17) is 9.47 Å². The molecule has 1 rings (SSSR count). The van der Waals surface area contributed by atoms with Crippen molar-refractivity contribution >= 4 is 5.97 Å². The molecule has 0 aromatic heterocycles. The molecule has 0 fully saturated rings. The SMILES string of the molecule is CCOC(=O)[C@H](O)[C@@H](OCC)c1ccccc1. The Labute approximate surface area is 101 Å². The summed E-state index contributed by atoms with van der Waals surface area (Å²) < 4.78 is 10.2. The van der Waals surface area contributed by atoms with E-state index in [1.54, 1.807) is 6.92 Å². The van der Waals surface area contributed by atoms with Crippen molar-refractivity contribution in [3.63, 3.8) is 0 Å². The molecule has 0 amide bonds. The molecule has 17 heavy (non-hydrogen) atoms. The Hall–Kier alpha value is -1.39. The number of esters is 1. The number of aliphatic hydroxyl groups excluding tert-OH is 1. The Morgan fingerprint density at radius 2 is 1.88 bits per heavy atom. The third-order valence-electron chi connectivity index (χ3n) is 2.29. The molecule has 0 saturated heterocycles. The fourth-order valence-corrected chi connectivity index (χ4v) is 1.54. The van der Waals surface area contributed by atoms with E-state index in [9.17, 15) is 9.90 Å². The van der Waals surface area contributed by atoms with Gasteiger partial charge in [0.05, 0.1) is 6.61 Å². The average molecular weight is 238 g/mol. The van der Waals surface area contributed by atoms with E-state index >= 15 is 0 Å². The first-order valence-electron chi connectivity index (χ1n) is 5.72. The molecule has 94 valence electrons. The molecule has 1 aromatic rings. The Bertz CT molecular complexity index is 337. The second kappa shape index (κ2) is 7.04. The van der Waals surface area contributed by atoms with E-state index in [0.717, 1.165) is 5.56 Å². The molecule has 0 saturated carbocycles. The van der Waals surface area contributed by atoms with E-state index < -0.39 is 18.2 Å². The van der Waals surface area contributed by atoms with Crippen molar-refractivity contribution in [1.29, 1.82) is 0 Å². The van der Waals surface area contributed by atoms with Crippen LogP contribution >= 0.6 is 0 Å². The number of carbonyl (C=O) groups is 1. The van der Waals surface area contributed by atoms with E-state index in [0.29, 0.717) is 6.61 Å². The maximum absolute atomic E-state index is 11.5. The molecule has 0 aliphatic carbocycles. The largest absolute Gasteiger partial charge is 0.464 e. The second-order valence-corrected chi connectivity index (χ2v) is 3.48. The van der Waals surface area contributed by atoms with Gasteiger partial charge in [-0.2, -0.15) is 0 Å². The normalized spacial score (nSPS) is 14.1. The lowest BCUT2D eigenvalue weighted by Gasteiger charge is -2.21. The molecular formula is C13H18O4. The molecule has 2 atom stereocenters. The van der Waals surface area contributed by atoms with Crippen LogP contribution in [0.25, 0.3) is 0 Å². The number of benzene rings is 1. The van der Waals surface area contributed by atoms with Crippen molar-refractivity contribution in [1.82, 2.24) is 0 Å². The third kappa shape index (κ3) is 3.84. The van der Waals surface area contributed by atoms with Crippen molar-refractivity contribution in [2.45, 2.75) is 26.1 Å². The predicted molar refractivity (Wildman–Crippen MR) is 63.4 cm³/mol. The number of hydrogen-bond donors (Lipinski definition) is 1. The Kier molecular flexibility index (Phi) is 5.66. The number of ether oxygens (including phenoxy) is 2. The van der Waals surface area contributed by atoms with Gasteiger partial charge in [0, 0.05) is 6.61 Å². The predicted octanol–water partition coefficient (Wildman–Crippen LogP) is 1.69. The van der Waals surface area contributed by atoms with Gasteiger partial charge in [0.1, 0.15) is 6.10 Å². The van der Waals surface area contributed by atoms with Gasteiger partial charge in [-0.3, -0.25) is 0 Å².